The van der Waals surface area contributed by atoms with Crippen molar-refractivity contribution < 1.29 is 14.3 Å². The average Bonchev–Trinajstić information content (AvgIpc) is 2.55. The summed E-state index contributed by atoms with van der Waals surface area (Å²) < 4.78 is 11.5. The molecule has 23 heavy (non-hydrogen) atoms. The van der Waals surface area contributed by atoms with E-state index in [0.29, 0.717) is 21.8 Å². The maximum atomic E-state index is 12.1. The molecular weight excluding hydrogens is 382 g/mol. The van der Waals surface area contributed by atoms with E-state index in [2.05, 4.69) is 21.2 Å². The van der Waals surface area contributed by atoms with Crippen LogP contribution in [0.5, 0.6) is 11.5 Å². The van der Waals surface area contributed by atoms with Crippen molar-refractivity contribution in [3.63, 3.8) is 0 Å². The molecule has 0 heterocycles. The molecule has 0 aliphatic rings. The van der Waals surface area contributed by atoms with E-state index in [1.54, 1.807) is 32.2 Å². The van der Waals surface area contributed by atoms with Crippen molar-refractivity contribution in [3.8, 4) is 11.5 Å². The topological polar surface area (TPSA) is 47.6 Å². The van der Waals surface area contributed by atoms with Gasteiger partial charge in [-0.3, -0.25) is 4.79 Å². The van der Waals surface area contributed by atoms with Crippen LogP contribution in [0.15, 0.2) is 46.9 Å². The van der Waals surface area contributed by atoms with Crippen LogP contribution < -0.4 is 14.8 Å². The van der Waals surface area contributed by atoms with Crippen LogP contribution in [0.25, 0.3) is 0 Å². The largest absolute Gasteiger partial charge is 0.497 e. The third-order valence-electron chi connectivity index (χ3n) is 3.19. The van der Waals surface area contributed by atoms with E-state index in [-0.39, 0.29) is 5.91 Å². The highest BCUT2D eigenvalue weighted by Crippen LogP contribution is 2.28. The van der Waals surface area contributed by atoms with E-state index in [9.17, 15) is 4.79 Å². The normalized spacial score (nSPS) is 11.7. The van der Waals surface area contributed by atoms with Gasteiger partial charge in [0.1, 0.15) is 11.5 Å². The van der Waals surface area contributed by atoms with Crippen molar-refractivity contribution in [2.45, 2.75) is 19.6 Å². The Morgan fingerprint density at radius 3 is 2.57 bits per heavy atom. The zero-order valence-electron chi connectivity index (χ0n) is 12.8. The summed E-state index contributed by atoms with van der Waals surface area (Å²) in [5.74, 6) is 1.16. The van der Waals surface area contributed by atoms with E-state index in [0.717, 1.165) is 11.3 Å². The van der Waals surface area contributed by atoms with Crippen molar-refractivity contribution in [1.82, 2.24) is 5.32 Å². The van der Waals surface area contributed by atoms with Gasteiger partial charge in [-0.25, -0.2) is 0 Å². The first-order valence-corrected chi connectivity index (χ1v) is 8.19. The molecule has 0 aromatic heterocycles. The molecule has 0 aliphatic heterocycles. The molecule has 1 unspecified atom stereocenters. The predicted molar refractivity (Wildman–Crippen MR) is 94.1 cm³/mol. The van der Waals surface area contributed by atoms with E-state index in [1.165, 1.54) is 0 Å². The van der Waals surface area contributed by atoms with Gasteiger partial charge < -0.3 is 14.8 Å². The van der Waals surface area contributed by atoms with Gasteiger partial charge in [0.25, 0.3) is 5.91 Å². The summed E-state index contributed by atoms with van der Waals surface area (Å²) in [6, 6.07) is 12.7. The number of amides is 1. The number of benzene rings is 2. The molecule has 1 amide bonds. The third-order valence-corrected chi connectivity index (χ3v) is 4.05. The summed E-state index contributed by atoms with van der Waals surface area (Å²) in [6.07, 6.45) is -0.620. The molecule has 0 saturated heterocycles. The summed E-state index contributed by atoms with van der Waals surface area (Å²) in [6.45, 7) is 2.13. The second-order valence-corrected chi connectivity index (χ2v) is 6.19. The first-order valence-electron chi connectivity index (χ1n) is 7.02. The monoisotopic (exact) mass is 397 g/mol. The molecule has 6 heteroatoms. The maximum absolute atomic E-state index is 12.1. The van der Waals surface area contributed by atoms with Crippen molar-refractivity contribution in [1.29, 1.82) is 0 Å². The van der Waals surface area contributed by atoms with Gasteiger partial charge in [0.05, 0.1) is 11.6 Å². The fourth-order valence-corrected chi connectivity index (χ4v) is 2.67. The quantitative estimate of drug-likeness (QED) is 0.793. The molecule has 0 spiro atoms. The highest BCUT2D eigenvalue weighted by atomic mass is 79.9. The molecule has 2 aromatic carbocycles. The molecule has 0 bridgehead atoms. The SMILES string of the molecule is COc1ccc(CNC(=O)C(C)Oc2ccc(Cl)cc2Br)cc1. The summed E-state index contributed by atoms with van der Waals surface area (Å²) in [4.78, 5) is 12.1. The van der Waals surface area contributed by atoms with Gasteiger partial charge in [-0.2, -0.15) is 0 Å². The molecule has 0 aliphatic carbocycles. The van der Waals surface area contributed by atoms with Crippen LogP contribution in [0.1, 0.15) is 12.5 Å². The molecule has 2 rings (SSSR count). The highest BCUT2D eigenvalue weighted by Gasteiger charge is 2.15. The second-order valence-electron chi connectivity index (χ2n) is 4.90. The Morgan fingerprint density at radius 1 is 1.26 bits per heavy atom. The Labute approximate surface area is 148 Å². The van der Waals surface area contributed by atoms with Gasteiger partial charge in [0.15, 0.2) is 6.10 Å². The fourth-order valence-electron chi connectivity index (χ4n) is 1.89. The molecule has 1 atom stereocenters. The van der Waals surface area contributed by atoms with Crippen LogP contribution in [0, 0.1) is 0 Å². The minimum Gasteiger partial charge on any atom is -0.497 e. The third kappa shape index (κ3) is 5.15. The van der Waals surface area contributed by atoms with E-state index in [1.807, 2.05) is 24.3 Å². The van der Waals surface area contributed by atoms with Crippen molar-refractivity contribution in [2.75, 3.05) is 7.11 Å². The first-order chi connectivity index (χ1) is 11.0. The van der Waals surface area contributed by atoms with Crippen LogP contribution in [0.4, 0.5) is 0 Å². The van der Waals surface area contributed by atoms with Gasteiger partial charge in [0, 0.05) is 11.6 Å². The standard InChI is InChI=1S/C17H17BrClNO3/c1-11(23-16-8-5-13(19)9-15(16)18)17(21)20-10-12-3-6-14(22-2)7-4-12/h3-9,11H,10H2,1-2H3,(H,20,21). The van der Waals surface area contributed by atoms with Gasteiger partial charge in [-0.05, 0) is 58.7 Å². The number of rotatable bonds is 6. The molecular formula is C17H17BrClNO3. The highest BCUT2D eigenvalue weighted by molar-refractivity contribution is 9.10. The van der Waals surface area contributed by atoms with Crippen LogP contribution in [-0.2, 0) is 11.3 Å². The van der Waals surface area contributed by atoms with Crippen LogP contribution >= 0.6 is 27.5 Å². The summed E-state index contributed by atoms with van der Waals surface area (Å²) >= 11 is 9.24. The lowest BCUT2D eigenvalue weighted by Crippen LogP contribution is -2.35. The number of halogens is 2. The second kappa shape index (κ2) is 8.22. The first kappa shape index (κ1) is 17.6. The number of methoxy groups -OCH3 is 1. The molecule has 0 saturated carbocycles. The van der Waals surface area contributed by atoms with Crippen molar-refractivity contribution >= 4 is 33.4 Å². The number of carbonyl (C=O) groups excluding carboxylic acids is 1. The number of ether oxygens (including phenoxy) is 2. The van der Waals surface area contributed by atoms with E-state index in [4.69, 9.17) is 21.1 Å². The van der Waals surface area contributed by atoms with Crippen molar-refractivity contribution in [2.24, 2.45) is 0 Å². The lowest BCUT2D eigenvalue weighted by atomic mass is 10.2. The Balaban J connectivity index is 1.89. The zero-order chi connectivity index (χ0) is 16.8. The smallest absolute Gasteiger partial charge is 0.261 e. The zero-order valence-corrected chi connectivity index (χ0v) is 15.1. The molecule has 1 N–H and O–H groups in total. The molecule has 2 aromatic rings. The lowest BCUT2D eigenvalue weighted by molar-refractivity contribution is -0.127. The number of hydrogen-bond acceptors (Lipinski definition) is 3. The summed E-state index contributed by atoms with van der Waals surface area (Å²) in [5.41, 5.74) is 0.985. The number of nitrogens with one attached hydrogen (secondary N) is 1. The van der Waals surface area contributed by atoms with Gasteiger partial charge in [-0.15, -0.1) is 0 Å². The van der Waals surface area contributed by atoms with E-state index < -0.39 is 6.10 Å². The Morgan fingerprint density at radius 2 is 1.96 bits per heavy atom. The summed E-state index contributed by atoms with van der Waals surface area (Å²) in [7, 11) is 1.62. The van der Waals surface area contributed by atoms with Gasteiger partial charge in [-0.1, -0.05) is 23.7 Å². The van der Waals surface area contributed by atoms with Crippen LogP contribution in [0.2, 0.25) is 5.02 Å². The Hall–Kier alpha value is -1.72. The molecule has 4 nitrogen and oxygen atoms in total. The molecule has 0 fully saturated rings. The Kier molecular flexibility index (Phi) is 6.30. The lowest BCUT2D eigenvalue weighted by Gasteiger charge is -2.16. The molecule has 0 radical (unpaired) electrons. The average molecular weight is 399 g/mol. The van der Waals surface area contributed by atoms with Crippen LogP contribution in [0.3, 0.4) is 0 Å². The van der Waals surface area contributed by atoms with Gasteiger partial charge >= 0.3 is 0 Å². The fraction of sp³-hybridized carbons (Fsp3) is 0.235. The number of hydrogen-bond donors (Lipinski definition) is 1. The van der Waals surface area contributed by atoms with E-state index >= 15 is 0 Å². The van der Waals surface area contributed by atoms with Crippen molar-refractivity contribution in [3.05, 3.63) is 57.5 Å². The predicted octanol–water partition coefficient (Wildman–Crippen LogP) is 4.19. The number of carbonyl (C=O) groups is 1. The van der Waals surface area contributed by atoms with Gasteiger partial charge in [0.2, 0.25) is 0 Å². The molecule has 122 valence electrons. The maximum Gasteiger partial charge on any atom is 0.261 e. The van der Waals surface area contributed by atoms with Crippen LogP contribution in [-0.4, -0.2) is 19.1 Å². The minimum atomic E-state index is -0.620. The summed E-state index contributed by atoms with van der Waals surface area (Å²) in [5, 5.41) is 3.44. The minimum absolute atomic E-state index is 0.192. The Bertz CT molecular complexity index is 676.